The van der Waals surface area contributed by atoms with Crippen LogP contribution in [0.1, 0.15) is 41.9 Å². The summed E-state index contributed by atoms with van der Waals surface area (Å²) in [7, 11) is 5.55. The third-order valence-corrected chi connectivity index (χ3v) is 14.8. The monoisotopic (exact) mass is 1170 g/mol. The molecule has 20 heteroatoms. The number of anilines is 2. The van der Waals surface area contributed by atoms with Crippen molar-refractivity contribution < 1.29 is 53.1 Å². The van der Waals surface area contributed by atoms with Crippen LogP contribution in [0.4, 0.5) is 11.4 Å². The maximum Gasteiger partial charge on any atom is 1.00 e. The van der Waals surface area contributed by atoms with Gasteiger partial charge in [-0.1, -0.05) is 131 Å². The Kier molecular flexibility index (Phi) is 27.4. The Balaban J connectivity index is 0.000000212. The molecule has 0 fully saturated rings. The molecule has 13 nitrogen and oxygen atoms in total. The van der Waals surface area contributed by atoms with Gasteiger partial charge in [0.15, 0.2) is 5.01 Å². The Morgan fingerprint density at radius 3 is 1.50 bits per heavy atom. The zero-order valence-electron chi connectivity index (χ0n) is 44.6. The number of hydrogen-bond donors (Lipinski definition) is 3. The molecule has 4 heterocycles. The fourth-order valence-corrected chi connectivity index (χ4v) is 9.62. The van der Waals surface area contributed by atoms with Crippen molar-refractivity contribution in [2.75, 3.05) is 38.5 Å². The molecule has 4 aromatic heterocycles. The molecule has 78 heavy (non-hydrogen) atoms. The Hall–Kier alpha value is -6.76. The van der Waals surface area contributed by atoms with Gasteiger partial charge in [0, 0.05) is 56.2 Å². The number of thiazole rings is 4. The summed E-state index contributed by atoms with van der Waals surface area (Å²) in [5.74, 6) is 0.240. The second kappa shape index (κ2) is 33.5. The van der Waals surface area contributed by atoms with E-state index in [0.29, 0.717) is 16.2 Å². The van der Waals surface area contributed by atoms with Gasteiger partial charge >= 0.3 is 26.0 Å². The van der Waals surface area contributed by atoms with E-state index in [9.17, 15) is 14.7 Å². The number of carbonyl (C=O) groups excluding carboxylic acids is 2. The van der Waals surface area contributed by atoms with Gasteiger partial charge in [0.2, 0.25) is 0 Å². The van der Waals surface area contributed by atoms with Gasteiger partial charge in [0.05, 0.1) is 49.9 Å². The summed E-state index contributed by atoms with van der Waals surface area (Å²) >= 11 is 9.03. The third-order valence-electron chi connectivity index (χ3n) is 10.6. The molecule has 0 aliphatic carbocycles. The van der Waals surface area contributed by atoms with E-state index >= 15 is 0 Å². The van der Waals surface area contributed by atoms with E-state index in [1.807, 2.05) is 137 Å². The molecule has 10 rings (SSSR count). The van der Waals surface area contributed by atoms with Crippen molar-refractivity contribution in [3.63, 3.8) is 0 Å². The first-order chi connectivity index (χ1) is 37.1. The van der Waals surface area contributed by atoms with Crippen molar-refractivity contribution in [2.45, 2.75) is 27.7 Å². The quantitative estimate of drug-likeness (QED) is 0.111. The average Bonchev–Trinajstić information content (AvgIpc) is 4.32. The number of aromatic carboxylic acids is 1. The zero-order chi connectivity index (χ0) is 55.7. The normalized spacial score (nSPS) is 9.78. The topological polar surface area (TPSA) is 183 Å². The predicted octanol–water partition coefficient (Wildman–Crippen LogP) is 9.33. The maximum absolute atomic E-state index is 12.7. The van der Waals surface area contributed by atoms with Gasteiger partial charge < -0.3 is 39.6 Å². The van der Waals surface area contributed by atoms with E-state index in [1.165, 1.54) is 32.9 Å². The average molecular weight is 1180 g/mol. The van der Waals surface area contributed by atoms with Crippen molar-refractivity contribution in [3.05, 3.63) is 217 Å². The Bertz CT molecular complexity index is 3360. The summed E-state index contributed by atoms with van der Waals surface area (Å²) in [6.07, 6.45) is 6.99. The molecule has 0 unspecified atom stereocenters. The molecule has 0 aliphatic heterocycles. The molecule has 10 aromatic rings. The molecule has 0 bridgehead atoms. The molecular formula is C58H57BBrLiN6O7S4. The molecule has 0 saturated carbocycles. The van der Waals surface area contributed by atoms with Gasteiger partial charge in [-0.25, -0.2) is 9.97 Å². The minimum atomic E-state index is -1.35. The van der Waals surface area contributed by atoms with Crippen LogP contribution in [0.2, 0.25) is 0 Å². The van der Waals surface area contributed by atoms with Gasteiger partial charge in [-0.05, 0) is 90.0 Å². The van der Waals surface area contributed by atoms with Gasteiger partial charge in [-0.15, -0.1) is 45.3 Å². The van der Waals surface area contributed by atoms with E-state index in [2.05, 4.69) is 78.4 Å². The molecule has 6 aromatic carbocycles. The number of carboxylic acids is 1. The van der Waals surface area contributed by atoms with Gasteiger partial charge in [-0.3, -0.25) is 14.8 Å². The van der Waals surface area contributed by atoms with Crippen LogP contribution in [-0.4, -0.2) is 77.3 Å². The van der Waals surface area contributed by atoms with Gasteiger partial charge in [0.25, 0.3) is 5.91 Å². The molecule has 0 spiro atoms. The molecule has 0 atom stereocenters. The van der Waals surface area contributed by atoms with Crippen LogP contribution in [0.15, 0.2) is 185 Å². The number of methoxy groups -OCH3 is 2. The Morgan fingerprint density at radius 2 is 1.08 bits per heavy atom. The predicted molar refractivity (Wildman–Crippen MR) is 320 cm³/mol. The third kappa shape index (κ3) is 21.2. The summed E-state index contributed by atoms with van der Waals surface area (Å²) < 4.78 is 11.3. The second-order valence-corrected chi connectivity index (χ2v) is 21.7. The van der Waals surface area contributed by atoms with E-state index in [4.69, 9.17) is 19.5 Å². The van der Waals surface area contributed by atoms with Crippen molar-refractivity contribution in [2.24, 2.45) is 0 Å². The summed E-state index contributed by atoms with van der Waals surface area (Å²) in [5, 5.41) is 31.5. The molecule has 0 saturated heterocycles. The number of carbonyl (C=O) groups is 2. The molecule has 1 amide bonds. The van der Waals surface area contributed by atoms with Crippen molar-refractivity contribution in [1.82, 2.24) is 19.9 Å². The van der Waals surface area contributed by atoms with Gasteiger partial charge in [0.1, 0.15) is 22.5 Å². The summed E-state index contributed by atoms with van der Waals surface area (Å²) in [4.78, 5) is 43.8. The summed E-state index contributed by atoms with van der Waals surface area (Å²) in [6, 6.07) is 46.8. The minimum Gasteiger partial charge on any atom is -0.542 e. The first-order valence-electron chi connectivity index (χ1n) is 23.5. The number of hydrogen-bond acceptors (Lipinski definition) is 16. The number of rotatable bonds is 10. The van der Waals surface area contributed by atoms with E-state index in [1.54, 1.807) is 91.1 Å². The van der Waals surface area contributed by atoms with Crippen LogP contribution in [0, 0.1) is 27.7 Å². The number of amides is 1. The van der Waals surface area contributed by atoms with Crippen molar-refractivity contribution in [3.8, 4) is 42.8 Å². The molecule has 0 aliphatic rings. The smallest absolute Gasteiger partial charge is 0.542 e. The van der Waals surface area contributed by atoms with Crippen LogP contribution < -0.4 is 49.1 Å². The van der Waals surface area contributed by atoms with Crippen LogP contribution in [-0.2, 0) is 0 Å². The Labute approximate surface area is 492 Å². The van der Waals surface area contributed by atoms with Crippen molar-refractivity contribution >= 4 is 97.1 Å². The zero-order valence-corrected chi connectivity index (χ0v) is 49.4. The number of nitrogens with zero attached hydrogens (tertiary/aromatic N) is 5. The fraction of sp³-hybridized carbons (Fsp3) is 0.138. The molecule has 3 N–H and O–H groups in total. The number of aromatic nitrogens is 4. The molecule has 396 valence electrons. The minimum absolute atomic E-state index is 0. The van der Waals surface area contributed by atoms with Crippen LogP contribution in [0.5, 0.6) is 11.5 Å². The van der Waals surface area contributed by atoms with Crippen LogP contribution >= 0.6 is 61.3 Å². The molecular weight excluding hydrogens is 1120 g/mol. The SMILES string of the molecule is Brc1cncs1.CNc1cccc(OC)c1.COc1cccc(N(C)C(=O)c2ncc(-c3cccc(C)c3)s2)c1.Cc1cccc(-c2cnc(C(=O)[O-])s2)c1.Cc1cccc(-c2cncs2)c1.Cc1cccc(B(O)O)c1.[Li+]. The van der Waals surface area contributed by atoms with E-state index in [0.717, 1.165) is 64.3 Å². The van der Waals surface area contributed by atoms with E-state index < -0.39 is 13.1 Å². The number of benzene rings is 6. The standard InChI is InChI=1S/C19H18N2O2S.C11H9NO2S.C10H9NS.C8H11NO.C7H9BO2.C3H2BrNS.Li/c1-13-6-4-7-14(10-13)17-12-20-18(24-17)19(22)21(2)15-8-5-9-16(11-15)23-3;1-7-3-2-4-8(5-7)9-6-12-10(15-9)11(13)14;1-8-3-2-4-9(5-8)10-6-11-7-12-10;1-9-7-4-3-5-8(6-7)10-2;1-6-3-2-4-7(5-6)8(9)10;4-3-1-5-2-6-3;/h4-12H,1-3H3;2-6H,1H3,(H,13,14);2-7H,1H3;3-6,9H,1-2H3;2-5,9-10H,1H3;1-2H;/q;;;;;;+1/p-1. The van der Waals surface area contributed by atoms with E-state index in [-0.39, 0.29) is 29.8 Å². The summed E-state index contributed by atoms with van der Waals surface area (Å²) in [5.41, 5.74) is 14.0. The van der Waals surface area contributed by atoms with Crippen molar-refractivity contribution in [1.29, 1.82) is 0 Å². The number of nitrogens with one attached hydrogen (secondary N) is 1. The fourth-order valence-electron chi connectivity index (χ4n) is 6.65. The largest absolute Gasteiger partial charge is 1.00 e. The Morgan fingerprint density at radius 1 is 0.603 bits per heavy atom. The van der Waals surface area contributed by atoms with Crippen LogP contribution in [0.3, 0.4) is 0 Å². The first-order valence-corrected chi connectivity index (χ1v) is 27.7. The van der Waals surface area contributed by atoms with Crippen LogP contribution in [0.25, 0.3) is 31.3 Å². The molecule has 0 radical (unpaired) electrons. The number of aryl methyl sites for hydroxylation is 4. The maximum atomic E-state index is 12.7. The number of halogens is 1. The first kappa shape index (κ1) is 63.8. The number of carboxylic acid groups (broad SMARTS) is 1. The number of ether oxygens (including phenoxy) is 2. The second-order valence-electron chi connectivity index (χ2n) is 16.5. The van der Waals surface area contributed by atoms with Gasteiger partial charge in [-0.2, -0.15) is 0 Å². The summed E-state index contributed by atoms with van der Waals surface area (Å²) in [6.45, 7) is 8.05.